The molecule has 34 heavy (non-hydrogen) atoms. The number of allylic oxidation sites excluding steroid dienone is 2. The Hall–Kier alpha value is -3.25. The van der Waals surface area contributed by atoms with E-state index in [1.165, 1.54) is 0 Å². The number of H-pyrrole nitrogens is 1. The zero-order valence-electron chi connectivity index (χ0n) is 20.6. The number of nitrogens with one attached hydrogen (secondary N) is 2. The van der Waals surface area contributed by atoms with E-state index in [1.807, 2.05) is 25.4 Å². The summed E-state index contributed by atoms with van der Waals surface area (Å²) >= 11 is 0. The average molecular weight is 458 g/mol. The average Bonchev–Trinajstić information content (AvgIpc) is 3.34. The number of aromatic amines is 1. The molecular formula is C28H32FN5. The van der Waals surface area contributed by atoms with Gasteiger partial charge in [0.25, 0.3) is 0 Å². The highest BCUT2D eigenvalue weighted by Gasteiger charge is 2.41. The summed E-state index contributed by atoms with van der Waals surface area (Å²) < 4.78 is 15.3. The van der Waals surface area contributed by atoms with E-state index in [0.717, 1.165) is 69.9 Å². The van der Waals surface area contributed by atoms with E-state index in [0.29, 0.717) is 11.6 Å². The first-order valence-corrected chi connectivity index (χ1v) is 11.9. The second kappa shape index (κ2) is 8.20. The summed E-state index contributed by atoms with van der Waals surface area (Å²) in [6.07, 6.45) is 5.69. The molecule has 1 atom stereocenters. The summed E-state index contributed by atoms with van der Waals surface area (Å²) in [6.45, 7) is 15.3. The highest BCUT2D eigenvalue weighted by Crippen LogP contribution is 2.48. The molecule has 1 unspecified atom stereocenters. The summed E-state index contributed by atoms with van der Waals surface area (Å²) in [5.41, 5.74) is 7.83. The smallest absolute Gasteiger partial charge is 0.149 e. The molecule has 6 heteroatoms. The van der Waals surface area contributed by atoms with E-state index in [4.69, 9.17) is 0 Å². The third-order valence-electron chi connectivity index (χ3n) is 7.75. The monoisotopic (exact) mass is 457 g/mol. The second-order valence-corrected chi connectivity index (χ2v) is 9.99. The molecule has 0 amide bonds. The quantitative estimate of drug-likeness (QED) is 0.519. The fourth-order valence-electron chi connectivity index (χ4n) is 5.26. The topological polar surface area (TPSA) is 56.3 Å². The van der Waals surface area contributed by atoms with Crippen LogP contribution in [0.5, 0.6) is 0 Å². The van der Waals surface area contributed by atoms with Gasteiger partial charge in [-0.2, -0.15) is 0 Å². The summed E-state index contributed by atoms with van der Waals surface area (Å²) in [4.78, 5) is 14.8. The van der Waals surface area contributed by atoms with Crippen molar-refractivity contribution in [1.29, 1.82) is 0 Å². The minimum absolute atomic E-state index is 0.280. The van der Waals surface area contributed by atoms with Gasteiger partial charge in [-0.25, -0.2) is 9.37 Å². The number of benzene rings is 1. The maximum Gasteiger partial charge on any atom is 0.149 e. The van der Waals surface area contributed by atoms with E-state index in [2.05, 4.69) is 71.7 Å². The molecular weight excluding hydrogens is 425 g/mol. The summed E-state index contributed by atoms with van der Waals surface area (Å²) in [6, 6.07) is 5.84. The van der Waals surface area contributed by atoms with Gasteiger partial charge in [0.2, 0.25) is 0 Å². The number of fused-ring (bicyclic) bond motifs is 2. The maximum atomic E-state index is 15.3. The number of likely N-dealkylation sites (N-methyl/N-ethyl adjacent to an activating group) is 1. The van der Waals surface area contributed by atoms with E-state index in [1.54, 1.807) is 6.07 Å². The molecule has 0 saturated carbocycles. The number of aromatic nitrogens is 2. The number of rotatable bonds is 4. The molecule has 1 saturated heterocycles. The molecule has 5 nitrogen and oxygen atoms in total. The van der Waals surface area contributed by atoms with Gasteiger partial charge >= 0.3 is 0 Å². The van der Waals surface area contributed by atoms with E-state index in [9.17, 15) is 0 Å². The van der Waals surface area contributed by atoms with Crippen LogP contribution in [0.3, 0.4) is 0 Å². The number of hydrogen-bond acceptors (Lipinski definition) is 4. The summed E-state index contributed by atoms with van der Waals surface area (Å²) in [5.74, 6) is 0.0179. The largest absolute Gasteiger partial charge is 0.386 e. The van der Waals surface area contributed by atoms with Crippen LogP contribution in [-0.2, 0) is 5.41 Å². The molecule has 1 fully saturated rings. The van der Waals surface area contributed by atoms with Gasteiger partial charge in [0, 0.05) is 70.9 Å². The molecule has 2 aromatic heterocycles. The van der Waals surface area contributed by atoms with Crippen LogP contribution in [0.15, 0.2) is 53.9 Å². The van der Waals surface area contributed by atoms with Crippen molar-refractivity contribution in [1.82, 2.24) is 20.2 Å². The first-order chi connectivity index (χ1) is 16.2. The minimum atomic E-state index is -0.291. The van der Waals surface area contributed by atoms with Crippen LogP contribution in [0, 0.1) is 11.7 Å². The first-order valence-electron chi connectivity index (χ1n) is 11.9. The van der Waals surface area contributed by atoms with Crippen molar-refractivity contribution in [2.24, 2.45) is 10.9 Å². The van der Waals surface area contributed by atoms with Crippen molar-refractivity contribution >= 4 is 28.0 Å². The number of hydrogen-bond donors (Lipinski definition) is 2. The Bertz CT molecular complexity index is 1360. The second-order valence-electron chi connectivity index (χ2n) is 9.99. The van der Waals surface area contributed by atoms with E-state index >= 15 is 4.39 Å². The van der Waals surface area contributed by atoms with Crippen LogP contribution in [0.25, 0.3) is 27.7 Å². The number of halogens is 1. The van der Waals surface area contributed by atoms with Gasteiger partial charge in [0.05, 0.1) is 0 Å². The summed E-state index contributed by atoms with van der Waals surface area (Å²) in [5, 5.41) is 4.48. The normalized spacial score (nSPS) is 22.0. The van der Waals surface area contributed by atoms with Crippen molar-refractivity contribution in [2.45, 2.75) is 33.1 Å². The Morgan fingerprint density at radius 1 is 1.29 bits per heavy atom. The van der Waals surface area contributed by atoms with Gasteiger partial charge < -0.3 is 10.3 Å². The molecule has 176 valence electrons. The van der Waals surface area contributed by atoms with Gasteiger partial charge in [-0.15, -0.1) is 0 Å². The Balaban J connectivity index is 1.65. The first kappa shape index (κ1) is 22.5. The minimum Gasteiger partial charge on any atom is -0.386 e. The maximum absolute atomic E-state index is 15.3. The van der Waals surface area contributed by atoms with Gasteiger partial charge in [-0.3, -0.25) is 9.89 Å². The lowest BCUT2D eigenvalue weighted by molar-refractivity contribution is 0.324. The van der Waals surface area contributed by atoms with Crippen LogP contribution in [-0.4, -0.2) is 47.3 Å². The Morgan fingerprint density at radius 2 is 2.09 bits per heavy atom. The van der Waals surface area contributed by atoms with Crippen LogP contribution in [0.4, 0.5) is 10.1 Å². The number of nitrogens with zero attached hydrogens (tertiary/aromatic N) is 3. The van der Waals surface area contributed by atoms with Crippen LogP contribution >= 0.6 is 0 Å². The predicted molar refractivity (Wildman–Crippen MR) is 139 cm³/mol. The number of aliphatic imine (C=N–C) groups is 1. The predicted octanol–water partition coefficient (Wildman–Crippen LogP) is 5.82. The lowest BCUT2D eigenvalue weighted by atomic mass is 9.71. The Morgan fingerprint density at radius 3 is 2.79 bits per heavy atom. The van der Waals surface area contributed by atoms with Crippen molar-refractivity contribution in [3.05, 3.63) is 65.9 Å². The van der Waals surface area contributed by atoms with Gasteiger partial charge in [-0.1, -0.05) is 26.5 Å². The van der Waals surface area contributed by atoms with Crippen LogP contribution < -0.4 is 5.32 Å². The van der Waals surface area contributed by atoms with Crippen LogP contribution in [0.1, 0.15) is 38.8 Å². The molecule has 2 aliphatic rings. The summed E-state index contributed by atoms with van der Waals surface area (Å²) in [7, 11) is 2.12. The third-order valence-corrected chi connectivity index (χ3v) is 7.75. The lowest BCUT2D eigenvalue weighted by Crippen LogP contribution is -2.40. The zero-order valence-corrected chi connectivity index (χ0v) is 20.6. The molecule has 2 aliphatic heterocycles. The molecule has 0 bridgehead atoms. The highest BCUT2D eigenvalue weighted by atomic mass is 19.1. The fraction of sp³-hybridized carbons (Fsp3) is 0.357. The molecule has 0 radical (unpaired) electrons. The number of pyridine rings is 1. The van der Waals surface area contributed by atoms with Gasteiger partial charge in [-0.05, 0) is 56.1 Å². The molecule has 3 aromatic rings. The zero-order chi connectivity index (χ0) is 24.2. The Kier molecular flexibility index (Phi) is 5.44. The van der Waals surface area contributed by atoms with Gasteiger partial charge in [0.1, 0.15) is 17.2 Å². The fourth-order valence-corrected chi connectivity index (χ4v) is 5.26. The lowest BCUT2D eigenvalue weighted by Gasteiger charge is -2.31. The van der Waals surface area contributed by atoms with Crippen molar-refractivity contribution < 1.29 is 4.39 Å². The number of piperazine rings is 1. The van der Waals surface area contributed by atoms with Crippen LogP contribution in [0.2, 0.25) is 0 Å². The van der Waals surface area contributed by atoms with E-state index in [-0.39, 0.29) is 11.2 Å². The SMILES string of the molecule is C=C/C(=C1/CN(C)CCN1)c1cnc2[nH]cc(-c3cc(F)c4c(c3)C(C)(C(C)C)C(C)=N4)c2c1. The van der Waals surface area contributed by atoms with Crippen molar-refractivity contribution in [3.63, 3.8) is 0 Å². The van der Waals surface area contributed by atoms with E-state index < -0.39 is 0 Å². The molecule has 0 aliphatic carbocycles. The molecule has 1 aromatic carbocycles. The molecule has 0 spiro atoms. The molecule has 2 N–H and O–H groups in total. The Labute approximate surface area is 200 Å². The van der Waals surface area contributed by atoms with Gasteiger partial charge in [0.15, 0.2) is 0 Å². The molecule has 5 rings (SSSR count). The third kappa shape index (κ3) is 3.40. The van der Waals surface area contributed by atoms with Crippen molar-refractivity contribution in [3.8, 4) is 11.1 Å². The van der Waals surface area contributed by atoms with Crippen molar-refractivity contribution in [2.75, 3.05) is 26.7 Å². The highest BCUT2D eigenvalue weighted by molar-refractivity contribution is 6.02. The standard InChI is InChI=1S/C28H32FN5/c1-7-20(25-15-34(6)9-8-30-25)19-10-21-22(14-32-27(21)31-13-19)18-11-23-26(24(29)12-18)33-17(4)28(23,5)16(2)3/h7,10-14,16,30H,1,8-9,15H2,2-6H3,(H,31,32)/b25-20+. The molecule has 4 heterocycles.